The molecule has 0 aromatic rings. The third-order valence-corrected chi connectivity index (χ3v) is 3.65. The number of aliphatic carboxylic acids is 1. The fourth-order valence-electron chi connectivity index (χ4n) is 2.18. The Morgan fingerprint density at radius 2 is 1.46 bits per heavy atom. The van der Waals surface area contributed by atoms with Crippen LogP contribution in [0.5, 0.6) is 0 Å². The maximum absolute atomic E-state index is 10.3. The lowest BCUT2D eigenvalue weighted by molar-refractivity contribution is -0.306. The van der Waals surface area contributed by atoms with E-state index in [2.05, 4.69) is 16.7 Å². The molecule has 0 amide bonds. The molecular weight excluding hydrogens is 336 g/mol. The molecule has 0 fully saturated rings. The topological polar surface area (TPSA) is 99.1 Å². The minimum absolute atomic E-state index is 0.0529. The lowest BCUT2D eigenvalue weighted by atomic mass is 10.1. The first-order chi connectivity index (χ1) is 12.6. The average Bonchev–Trinajstić information content (AvgIpc) is 2.63. The Morgan fingerprint density at radius 1 is 0.923 bits per heavy atom. The highest BCUT2D eigenvalue weighted by Crippen LogP contribution is 2.07. The highest BCUT2D eigenvalue weighted by molar-refractivity contribution is 5.64. The van der Waals surface area contributed by atoms with Gasteiger partial charge in [-0.05, 0) is 32.1 Å². The maximum Gasteiger partial charge on any atom is 0.111 e. The Labute approximate surface area is 156 Å². The number of rotatable bonds is 16. The van der Waals surface area contributed by atoms with Crippen LogP contribution in [-0.4, -0.2) is 28.7 Å². The molecule has 2 N–H and O–H groups in total. The fraction of sp³-hybridized carbons (Fsp3) is 0.550. The number of carboxylic acid groups (broad SMARTS) is 1. The van der Waals surface area contributed by atoms with Gasteiger partial charge in [0, 0.05) is 5.97 Å². The Bertz CT molecular complexity index is 453. The van der Waals surface area contributed by atoms with Gasteiger partial charge in [-0.25, -0.2) is 9.78 Å². The Hall–Kier alpha value is -1.73. The smallest absolute Gasteiger partial charge is 0.111 e. The highest BCUT2D eigenvalue weighted by atomic mass is 17.1. The number of carbonyl (C=O) groups excluding carboxylic acids is 1. The van der Waals surface area contributed by atoms with Crippen molar-refractivity contribution in [3.05, 3.63) is 48.6 Å². The van der Waals surface area contributed by atoms with E-state index in [1.54, 1.807) is 12.2 Å². The number of carbonyl (C=O) groups is 1. The molecule has 0 aliphatic rings. The van der Waals surface area contributed by atoms with Gasteiger partial charge in [-0.3, -0.25) is 10.5 Å². The highest BCUT2D eigenvalue weighted by Gasteiger charge is 2.03. The second kappa shape index (κ2) is 18.1. The van der Waals surface area contributed by atoms with Crippen molar-refractivity contribution in [2.24, 2.45) is 0 Å². The molecule has 0 saturated carbocycles. The standard InChI is InChI=1S/C20H32O6/c1-2-3-9-13-18(25-23)14-10-7-5-4-6-8-11-15-19(26-24)16-12-17-20(21)22/h5-8,10-11,14-15,18-19,23-24H,2-4,9,12-13,16-17H2,1H3,(H,21,22)/p-1/b7-5-,8-6-,14-10+,15-11+/t18-,19+/m0/s1. The zero-order valence-corrected chi connectivity index (χ0v) is 15.5. The summed E-state index contributed by atoms with van der Waals surface area (Å²) < 4.78 is 0. The molecule has 26 heavy (non-hydrogen) atoms. The van der Waals surface area contributed by atoms with Crippen LogP contribution in [0.4, 0.5) is 0 Å². The van der Waals surface area contributed by atoms with Crippen LogP contribution in [0.3, 0.4) is 0 Å². The van der Waals surface area contributed by atoms with E-state index in [4.69, 9.17) is 10.5 Å². The quantitative estimate of drug-likeness (QED) is 0.186. The van der Waals surface area contributed by atoms with Crippen molar-refractivity contribution in [3.63, 3.8) is 0 Å². The van der Waals surface area contributed by atoms with Crippen LogP contribution in [0.2, 0.25) is 0 Å². The SMILES string of the molecule is CCCCC[C@@H](/C=C/C=C\C/C=C\C=C\[C@H](CCCC(=O)[O-])OO)OO. The normalized spacial score (nSPS) is 14.9. The van der Waals surface area contributed by atoms with Crippen LogP contribution in [0.25, 0.3) is 0 Å². The molecule has 0 unspecified atom stereocenters. The first kappa shape index (κ1) is 24.3. The predicted molar refractivity (Wildman–Crippen MR) is 99.2 cm³/mol. The van der Waals surface area contributed by atoms with Crippen LogP contribution in [0, 0.1) is 0 Å². The third kappa shape index (κ3) is 15.8. The van der Waals surface area contributed by atoms with E-state index in [1.807, 2.05) is 36.5 Å². The maximum atomic E-state index is 10.3. The average molecular weight is 367 g/mol. The summed E-state index contributed by atoms with van der Waals surface area (Å²) in [7, 11) is 0. The predicted octanol–water partition coefficient (Wildman–Crippen LogP) is 3.82. The third-order valence-electron chi connectivity index (χ3n) is 3.65. The summed E-state index contributed by atoms with van der Waals surface area (Å²) in [5.74, 6) is -1.11. The van der Waals surface area contributed by atoms with Gasteiger partial charge < -0.3 is 9.90 Å². The number of hydrogen-bond acceptors (Lipinski definition) is 6. The van der Waals surface area contributed by atoms with Gasteiger partial charge in [-0.2, -0.15) is 0 Å². The summed E-state index contributed by atoms with van der Waals surface area (Å²) in [4.78, 5) is 19.0. The molecule has 0 aliphatic carbocycles. The summed E-state index contributed by atoms with van der Waals surface area (Å²) in [6, 6.07) is 0. The Balaban J connectivity index is 3.99. The summed E-state index contributed by atoms with van der Waals surface area (Å²) in [5, 5.41) is 27.9. The first-order valence-corrected chi connectivity index (χ1v) is 9.11. The molecule has 2 atom stereocenters. The Morgan fingerprint density at radius 3 is 1.92 bits per heavy atom. The minimum Gasteiger partial charge on any atom is -0.550 e. The lowest BCUT2D eigenvalue weighted by Gasteiger charge is -2.08. The van der Waals surface area contributed by atoms with Gasteiger partial charge >= 0.3 is 0 Å². The molecule has 0 aromatic heterocycles. The fourth-order valence-corrected chi connectivity index (χ4v) is 2.18. The van der Waals surface area contributed by atoms with Gasteiger partial charge in [0.15, 0.2) is 0 Å². The second-order valence-corrected chi connectivity index (χ2v) is 5.91. The van der Waals surface area contributed by atoms with Crippen LogP contribution in [0.15, 0.2) is 48.6 Å². The number of carboxylic acids is 1. The van der Waals surface area contributed by atoms with Crippen molar-refractivity contribution in [2.75, 3.05) is 0 Å². The van der Waals surface area contributed by atoms with Crippen molar-refractivity contribution in [1.82, 2.24) is 0 Å². The van der Waals surface area contributed by atoms with Crippen LogP contribution >= 0.6 is 0 Å². The van der Waals surface area contributed by atoms with Gasteiger partial charge in [-0.1, -0.05) is 74.8 Å². The second-order valence-electron chi connectivity index (χ2n) is 5.91. The molecule has 6 heteroatoms. The van der Waals surface area contributed by atoms with Gasteiger partial charge in [0.05, 0.1) is 0 Å². The molecule has 0 heterocycles. The van der Waals surface area contributed by atoms with E-state index in [0.717, 1.165) is 32.1 Å². The first-order valence-electron chi connectivity index (χ1n) is 9.11. The van der Waals surface area contributed by atoms with E-state index in [9.17, 15) is 9.90 Å². The Kier molecular flexibility index (Phi) is 16.9. The molecule has 0 saturated heterocycles. The molecule has 0 aliphatic heterocycles. The molecule has 0 aromatic carbocycles. The molecule has 0 rings (SSSR count). The van der Waals surface area contributed by atoms with Crippen LogP contribution in [-0.2, 0) is 14.6 Å². The van der Waals surface area contributed by atoms with Crippen LogP contribution in [0.1, 0.15) is 58.3 Å². The van der Waals surface area contributed by atoms with E-state index in [1.165, 1.54) is 0 Å². The number of unbranched alkanes of at least 4 members (excludes halogenated alkanes) is 2. The minimum atomic E-state index is -1.11. The van der Waals surface area contributed by atoms with Crippen molar-refractivity contribution in [3.8, 4) is 0 Å². The lowest BCUT2D eigenvalue weighted by Crippen LogP contribution is -2.22. The van der Waals surface area contributed by atoms with Crippen LogP contribution < -0.4 is 5.11 Å². The molecular formula is C20H31O6-. The number of hydrogen-bond donors (Lipinski definition) is 2. The van der Waals surface area contributed by atoms with Crippen molar-refractivity contribution >= 4 is 5.97 Å². The number of allylic oxidation sites excluding steroid dienone is 6. The zero-order valence-electron chi connectivity index (χ0n) is 15.5. The summed E-state index contributed by atoms with van der Waals surface area (Å²) in [5.41, 5.74) is 0. The zero-order chi connectivity index (χ0) is 19.5. The van der Waals surface area contributed by atoms with Gasteiger partial charge in [0.2, 0.25) is 0 Å². The van der Waals surface area contributed by atoms with Crippen molar-refractivity contribution in [1.29, 1.82) is 0 Å². The van der Waals surface area contributed by atoms with E-state index < -0.39 is 12.1 Å². The monoisotopic (exact) mass is 367 g/mol. The molecule has 6 nitrogen and oxygen atoms in total. The summed E-state index contributed by atoms with van der Waals surface area (Å²) >= 11 is 0. The van der Waals surface area contributed by atoms with E-state index in [0.29, 0.717) is 12.8 Å². The summed E-state index contributed by atoms with van der Waals surface area (Å²) in [6.07, 6.45) is 19.4. The molecule has 0 radical (unpaired) electrons. The van der Waals surface area contributed by atoms with E-state index in [-0.39, 0.29) is 12.5 Å². The van der Waals surface area contributed by atoms with Gasteiger partial charge in [-0.15, -0.1) is 0 Å². The van der Waals surface area contributed by atoms with Crippen molar-refractivity contribution in [2.45, 2.75) is 70.5 Å². The molecule has 0 bridgehead atoms. The largest absolute Gasteiger partial charge is 0.550 e. The van der Waals surface area contributed by atoms with E-state index >= 15 is 0 Å². The van der Waals surface area contributed by atoms with Gasteiger partial charge in [0.1, 0.15) is 12.2 Å². The van der Waals surface area contributed by atoms with Gasteiger partial charge in [0.25, 0.3) is 0 Å². The molecule has 148 valence electrons. The van der Waals surface area contributed by atoms with Crippen molar-refractivity contribution < 1.29 is 30.2 Å². The summed E-state index contributed by atoms with van der Waals surface area (Å²) in [6.45, 7) is 2.13. The molecule has 0 spiro atoms.